The fraction of sp³-hybridized carbons (Fsp3) is 0.556. The second-order valence-corrected chi connectivity index (χ2v) is 6.24. The number of amides is 2. The van der Waals surface area contributed by atoms with E-state index in [4.69, 9.17) is 4.74 Å². The van der Waals surface area contributed by atoms with Crippen molar-refractivity contribution in [3.63, 3.8) is 0 Å². The van der Waals surface area contributed by atoms with Gasteiger partial charge in [-0.3, -0.25) is 9.59 Å². The number of fused-ring (bicyclic) bond motifs is 1. The maximum absolute atomic E-state index is 12.3. The number of carbonyl (C=O) groups excluding carboxylic acids is 2. The van der Waals surface area contributed by atoms with Gasteiger partial charge in [0.2, 0.25) is 5.91 Å². The van der Waals surface area contributed by atoms with Gasteiger partial charge in [0.1, 0.15) is 0 Å². The topological polar surface area (TPSA) is 58.6 Å². The number of morpholine rings is 1. The summed E-state index contributed by atoms with van der Waals surface area (Å²) in [6.45, 7) is 3.85. The van der Waals surface area contributed by atoms with Crippen LogP contribution in [0.1, 0.15) is 41.3 Å². The van der Waals surface area contributed by atoms with Gasteiger partial charge in [0, 0.05) is 12.1 Å². The van der Waals surface area contributed by atoms with Crippen LogP contribution >= 0.6 is 0 Å². The average Bonchev–Trinajstić information content (AvgIpc) is 3.06. The zero-order valence-electron chi connectivity index (χ0n) is 13.6. The predicted octanol–water partition coefficient (Wildman–Crippen LogP) is 1.54. The van der Waals surface area contributed by atoms with Crippen LogP contribution in [0.2, 0.25) is 0 Å². The van der Waals surface area contributed by atoms with Crippen molar-refractivity contribution >= 4 is 11.8 Å². The van der Waals surface area contributed by atoms with Crippen LogP contribution in [-0.2, 0) is 22.4 Å². The van der Waals surface area contributed by atoms with Crippen molar-refractivity contribution in [1.29, 1.82) is 0 Å². The van der Waals surface area contributed by atoms with Crippen molar-refractivity contribution < 1.29 is 14.3 Å². The molecular weight excluding hydrogens is 292 g/mol. The van der Waals surface area contributed by atoms with Gasteiger partial charge in [-0.1, -0.05) is 13.0 Å². The first-order valence-corrected chi connectivity index (χ1v) is 8.46. The van der Waals surface area contributed by atoms with E-state index in [1.165, 1.54) is 11.1 Å². The van der Waals surface area contributed by atoms with E-state index in [2.05, 4.69) is 5.32 Å². The van der Waals surface area contributed by atoms with Crippen LogP contribution < -0.4 is 5.32 Å². The minimum atomic E-state index is -0.172. The maximum atomic E-state index is 12.3. The van der Waals surface area contributed by atoms with Crippen molar-refractivity contribution in [2.75, 3.05) is 26.3 Å². The highest BCUT2D eigenvalue weighted by Crippen LogP contribution is 2.22. The molecule has 0 radical (unpaired) electrons. The highest BCUT2D eigenvalue weighted by atomic mass is 16.5. The Morgan fingerprint density at radius 2 is 2.13 bits per heavy atom. The Balaban J connectivity index is 1.57. The monoisotopic (exact) mass is 316 g/mol. The molecule has 5 heteroatoms. The highest BCUT2D eigenvalue weighted by Gasteiger charge is 2.26. The fourth-order valence-corrected chi connectivity index (χ4v) is 3.39. The maximum Gasteiger partial charge on any atom is 0.251 e. The lowest BCUT2D eigenvalue weighted by molar-refractivity contribution is -0.138. The molecule has 2 amide bonds. The van der Waals surface area contributed by atoms with Gasteiger partial charge in [-0.05, 0) is 48.9 Å². The Labute approximate surface area is 137 Å². The Morgan fingerprint density at radius 1 is 1.30 bits per heavy atom. The normalized spacial score (nSPS) is 20.2. The molecule has 124 valence electrons. The Kier molecular flexibility index (Phi) is 4.96. The van der Waals surface area contributed by atoms with Gasteiger partial charge >= 0.3 is 0 Å². The highest BCUT2D eigenvalue weighted by molar-refractivity contribution is 5.96. The van der Waals surface area contributed by atoms with Gasteiger partial charge in [-0.2, -0.15) is 0 Å². The summed E-state index contributed by atoms with van der Waals surface area (Å²) in [5.41, 5.74) is 3.26. The Bertz CT molecular complexity index is 600. The van der Waals surface area contributed by atoms with E-state index < -0.39 is 0 Å². The van der Waals surface area contributed by atoms with Gasteiger partial charge in [0.05, 0.1) is 25.8 Å². The molecule has 1 heterocycles. The van der Waals surface area contributed by atoms with Crippen molar-refractivity contribution in [1.82, 2.24) is 10.2 Å². The summed E-state index contributed by atoms with van der Waals surface area (Å²) in [7, 11) is 0. The van der Waals surface area contributed by atoms with Crippen LogP contribution in [0.5, 0.6) is 0 Å². The predicted molar refractivity (Wildman–Crippen MR) is 87.4 cm³/mol. The van der Waals surface area contributed by atoms with Crippen molar-refractivity contribution in [3.8, 4) is 0 Å². The minimum absolute atomic E-state index is 0.0327. The SMILES string of the molecule is CC[C@H]1COCCN1C(=O)CNC(=O)c1ccc2c(c1)CCC2. The molecule has 0 saturated carbocycles. The van der Waals surface area contributed by atoms with E-state index in [1.54, 1.807) is 0 Å². The third-order valence-corrected chi connectivity index (χ3v) is 4.78. The molecule has 1 atom stereocenters. The summed E-state index contributed by atoms with van der Waals surface area (Å²) in [5, 5.41) is 2.76. The van der Waals surface area contributed by atoms with Crippen LogP contribution in [-0.4, -0.2) is 49.1 Å². The summed E-state index contributed by atoms with van der Waals surface area (Å²) >= 11 is 0. The molecule has 1 aliphatic heterocycles. The molecule has 2 aliphatic rings. The molecule has 1 N–H and O–H groups in total. The molecule has 5 nitrogen and oxygen atoms in total. The molecular formula is C18H24N2O3. The van der Waals surface area contributed by atoms with E-state index >= 15 is 0 Å². The third-order valence-electron chi connectivity index (χ3n) is 4.78. The second kappa shape index (κ2) is 7.13. The van der Waals surface area contributed by atoms with Crippen LogP contribution in [0.4, 0.5) is 0 Å². The van der Waals surface area contributed by atoms with Crippen LogP contribution in [0.3, 0.4) is 0 Å². The molecule has 1 fully saturated rings. The van der Waals surface area contributed by atoms with Gasteiger partial charge < -0.3 is 15.0 Å². The van der Waals surface area contributed by atoms with E-state index in [-0.39, 0.29) is 24.4 Å². The summed E-state index contributed by atoms with van der Waals surface area (Å²) in [6.07, 6.45) is 4.17. The summed E-state index contributed by atoms with van der Waals surface area (Å²) in [5.74, 6) is -0.205. The lowest BCUT2D eigenvalue weighted by Crippen LogP contribution is -2.51. The van der Waals surface area contributed by atoms with Gasteiger partial charge in [-0.15, -0.1) is 0 Å². The van der Waals surface area contributed by atoms with E-state index in [1.807, 2.05) is 30.0 Å². The summed E-state index contributed by atoms with van der Waals surface area (Å²) < 4.78 is 5.41. The van der Waals surface area contributed by atoms with Gasteiger partial charge in [0.15, 0.2) is 0 Å². The van der Waals surface area contributed by atoms with Crippen molar-refractivity contribution in [2.45, 2.75) is 38.6 Å². The number of carbonyl (C=O) groups is 2. The lowest BCUT2D eigenvalue weighted by Gasteiger charge is -2.35. The number of nitrogens with one attached hydrogen (secondary N) is 1. The van der Waals surface area contributed by atoms with E-state index in [0.29, 0.717) is 25.3 Å². The van der Waals surface area contributed by atoms with E-state index in [0.717, 1.165) is 25.7 Å². The van der Waals surface area contributed by atoms with Crippen molar-refractivity contribution in [3.05, 3.63) is 34.9 Å². The second-order valence-electron chi connectivity index (χ2n) is 6.24. The fourth-order valence-electron chi connectivity index (χ4n) is 3.39. The smallest absolute Gasteiger partial charge is 0.251 e. The molecule has 3 rings (SSSR count). The minimum Gasteiger partial charge on any atom is -0.377 e. The molecule has 23 heavy (non-hydrogen) atoms. The molecule has 0 bridgehead atoms. The number of hydrogen-bond donors (Lipinski definition) is 1. The van der Waals surface area contributed by atoms with Crippen LogP contribution in [0.15, 0.2) is 18.2 Å². The first kappa shape index (κ1) is 16.0. The molecule has 1 saturated heterocycles. The Hall–Kier alpha value is -1.88. The number of ether oxygens (including phenoxy) is 1. The number of aryl methyl sites for hydroxylation is 2. The van der Waals surface area contributed by atoms with Crippen LogP contribution in [0.25, 0.3) is 0 Å². The molecule has 1 aromatic rings. The first-order valence-electron chi connectivity index (χ1n) is 8.46. The van der Waals surface area contributed by atoms with Crippen LogP contribution in [0, 0.1) is 0 Å². The standard InChI is InChI=1S/C18H24N2O3/c1-2-16-12-23-9-8-20(16)17(21)11-19-18(22)15-7-6-13-4-3-5-14(13)10-15/h6-7,10,16H,2-5,8-9,11-12H2,1H3,(H,19,22)/t16-/m0/s1. The quantitative estimate of drug-likeness (QED) is 0.917. The number of hydrogen-bond acceptors (Lipinski definition) is 3. The molecule has 0 spiro atoms. The molecule has 0 aromatic heterocycles. The third kappa shape index (κ3) is 3.55. The Morgan fingerprint density at radius 3 is 2.96 bits per heavy atom. The first-order chi connectivity index (χ1) is 11.2. The molecule has 1 aromatic carbocycles. The summed E-state index contributed by atoms with van der Waals surface area (Å²) in [6, 6.07) is 5.97. The zero-order valence-corrected chi connectivity index (χ0v) is 13.6. The largest absolute Gasteiger partial charge is 0.377 e. The average molecular weight is 316 g/mol. The zero-order chi connectivity index (χ0) is 16.2. The lowest BCUT2D eigenvalue weighted by atomic mass is 10.1. The molecule has 1 aliphatic carbocycles. The van der Waals surface area contributed by atoms with Gasteiger partial charge in [0.25, 0.3) is 5.91 Å². The molecule has 0 unspecified atom stereocenters. The number of benzene rings is 1. The van der Waals surface area contributed by atoms with E-state index in [9.17, 15) is 9.59 Å². The summed E-state index contributed by atoms with van der Waals surface area (Å²) in [4.78, 5) is 26.4. The van der Waals surface area contributed by atoms with Gasteiger partial charge in [-0.25, -0.2) is 0 Å². The van der Waals surface area contributed by atoms with Crippen molar-refractivity contribution in [2.24, 2.45) is 0 Å². The number of rotatable bonds is 4. The number of nitrogens with zero attached hydrogens (tertiary/aromatic N) is 1.